The molecule has 2 aromatic rings. The van der Waals surface area contributed by atoms with Crippen molar-refractivity contribution in [3.05, 3.63) is 23.6 Å². The number of rotatable bonds is 4. The molecular formula is C19H22Cl6N4O2. The van der Waals surface area contributed by atoms with E-state index in [0.717, 1.165) is 51.4 Å². The van der Waals surface area contributed by atoms with Crippen molar-refractivity contribution < 1.29 is 8.83 Å². The molecule has 0 saturated heterocycles. The summed E-state index contributed by atoms with van der Waals surface area (Å²) in [6, 6.07) is 0. The van der Waals surface area contributed by atoms with Crippen LogP contribution in [0.15, 0.2) is 8.83 Å². The molecule has 2 aliphatic rings. The van der Waals surface area contributed by atoms with Gasteiger partial charge in [0, 0.05) is 11.8 Å². The van der Waals surface area contributed by atoms with E-state index in [4.69, 9.17) is 78.4 Å². The van der Waals surface area contributed by atoms with E-state index in [9.17, 15) is 0 Å². The Balaban J connectivity index is 1.22. The van der Waals surface area contributed by atoms with Crippen molar-refractivity contribution >= 4 is 69.6 Å². The lowest BCUT2D eigenvalue weighted by molar-refractivity contribution is 0.208. The summed E-state index contributed by atoms with van der Waals surface area (Å²) in [7, 11) is 0. The van der Waals surface area contributed by atoms with Crippen LogP contribution in [0, 0.1) is 11.8 Å². The van der Waals surface area contributed by atoms with Gasteiger partial charge in [-0.05, 0) is 69.6 Å². The lowest BCUT2D eigenvalue weighted by Gasteiger charge is -2.32. The molecule has 2 aromatic heterocycles. The van der Waals surface area contributed by atoms with Gasteiger partial charge in [0.2, 0.25) is 11.8 Å². The van der Waals surface area contributed by atoms with Crippen molar-refractivity contribution in [1.29, 1.82) is 0 Å². The maximum Gasteiger partial charge on any atom is 0.268 e. The van der Waals surface area contributed by atoms with Gasteiger partial charge in [-0.1, -0.05) is 69.6 Å². The predicted molar refractivity (Wildman–Crippen MR) is 121 cm³/mol. The van der Waals surface area contributed by atoms with Gasteiger partial charge in [0.15, 0.2) is 0 Å². The number of aromatic nitrogens is 4. The van der Waals surface area contributed by atoms with Crippen LogP contribution in [0.5, 0.6) is 0 Å². The van der Waals surface area contributed by atoms with Crippen LogP contribution >= 0.6 is 69.6 Å². The Kier molecular flexibility index (Phi) is 7.57. The Labute approximate surface area is 210 Å². The highest BCUT2D eigenvalue weighted by molar-refractivity contribution is 6.66. The first kappa shape index (κ1) is 24.2. The minimum absolute atomic E-state index is 0.0357. The van der Waals surface area contributed by atoms with Crippen molar-refractivity contribution in [2.24, 2.45) is 11.8 Å². The summed E-state index contributed by atoms with van der Waals surface area (Å²) >= 11 is 34.9. The van der Waals surface area contributed by atoms with E-state index in [-0.39, 0.29) is 23.6 Å². The third kappa shape index (κ3) is 6.13. The first-order chi connectivity index (χ1) is 14.6. The molecule has 0 atom stereocenters. The first-order valence-corrected chi connectivity index (χ1v) is 12.7. The first-order valence-electron chi connectivity index (χ1n) is 10.4. The molecule has 0 spiro atoms. The Morgan fingerprint density at radius 1 is 0.581 bits per heavy atom. The van der Waals surface area contributed by atoms with Crippen molar-refractivity contribution in [3.8, 4) is 0 Å². The quantitative estimate of drug-likeness (QED) is 0.362. The molecule has 0 unspecified atom stereocenters. The fraction of sp³-hybridized carbons (Fsp3) is 0.789. The number of hydrogen-bond acceptors (Lipinski definition) is 6. The van der Waals surface area contributed by atoms with E-state index in [1.807, 2.05) is 0 Å². The number of nitrogens with zero attached hydrogens (tertiary/aromatic N) is 4. The molecule has 2 saturated carbocycles. The molecule has 0 N–H and O–H groups in total. The average molecular weight is 551 g/mol. The second-order valence-electron chi connectivity index (χ2n) is 8.56. The van der Waals surface area contributed by atoms with Crippen molar-refractivity contribution in [2.45, 2.75) is 77.2 Å². The van der Waals surface area contributed by atoms with Gasteiger partial charge in [-0.15, -0.1) is 20.4 Å². The topological polar surface area (TPSA) is 77.8 Å². The molecule has 2 aliphatic carbocycles. The molecule has 172 valence electrons. The lowest BCUT2D eigenvalue weighted by atomic mass is 9.73. The van der Waals surface area contributed by atoms with Crippen LogP contribution in [0.3, 0.4) is 0 Å². The van der Waals surface area contributed by atoms with Gasteiger partial charge in [0.25, 0.3) is 19.4 Å². The van der Waals surface area contributed by atoms with Crippen molar-refractivity contribution in [3.63, 3.8) is 0 Å². The van der Waals surface area contributed by atoms with Gasteiger partial charge >= 0.3 is 0 Å². The van der Waals surface area contributed by atoms with E-state index in [1.54, 1.807) is 0 Å². The molecule has 12 heteroatoms. The Hall–Kier alpha value is 0.0200. The normalized spacial score (nSPS) is 28.1. The largest absolute Gasteiger partial charge is 0.421 e. The molecule has 6 nitrogen and oxygen atoms in total. The molecular weight excluding hydrogens is 529 g/mol. The van der Waals surface area contributed by atoms with Gasteiger partial charge in [-0.25, -0.2) is 0 Å². The van der Waals surface area contributed by atoms with E-state index in [0.29, 0.717) is 23.6 Å². The van der Waals surface area contributed by atoms with Crippen LogP contribution in [0.4, 0.5) is 0 Å². The highest BCUT2D eigenvalue weighted by Crippen LogP contribution is 2.44. The predicted octanol–water partition coefficient (Wildman–Crippen LogP) is 7.74. The monoisotopic (exact) mass is 548 g/mol. The van der Waals surface area contributed by atoms with Crippen LogP contribution in [-0.2, 0) is 7.59 Å². The van der Waals surface area contributed by atoms with Gasteiger partial charge in [0.05, 0.1) is 0 Å². The average Bonchev–Trinajstić information content (AvgIpc) is 3.39. The van der Waals surface area contributed by atoms with Crippen LogP contribution in [0.25, 0.3) is 0 Å². The summed E-state index contributed by atoms with van der Waals surface area (Å²) in [4.78, 5) is 0. The third-order valence-corrected chi connectivity index (χ3v) is 7.39. The molecule has 0 amide bonds. The fourth-order valence-corrected chi connectivity index (χ4v) is 5.25. The fourth-order valence-electron chi connectivity index (χ4n) is 4.79. The van der Waals surface area contributed by atoms with Crippen LogP contribution in [0.2, 0.25) is 0 Å². The summed E-state index contributed by atoms with van der Waals surface area (Å²) in [6.45, 7) is 0. The third-order valence-electron chi connectivity index (χ3n) is 6.42. The standard InChI is InChI=1S/C19H22Cl6N4O2/c20-18(21,22)16-28-26-14(30-16)12-5-1-10(2-6-12)9-11-3-7-13(8-4-11)15-27-29-17(31-15)19(23,24)25/h10-13H,1-9H2. The van der Waals surface area contributed by atoms with E-state index in [1.165, 1.54) is 6.42 Å². The number of alkyl halides is 6. The summed E-state index contributed by atoms with van der Waals surface area (Å²) in [6.07, 6.45) is 9.89. The molecule has 0 aromatic carbocycles. The maximum absolute atomic E-state index is 5.82. The van der Waals surface area contributed by atoms with Gasteiger partial charge in [0.1, 0.15) is 0 Å². The minimum atomic E-state index is -1.68. The van der Waals surface area contributed by atoms with E-state index in [2.05, 4.69) is 20.4 Å². The van der Waals surface area contributed by atoms with Crippen molar-refractivity contribution in [2.75, 3.05) is 0 Å². The van der Waals surface area contributed by atoms with E-state index < -0.39 is 7.59 Å². The molecule has 2 heterocycles. The minimum Gasteiger partial charge on any atom is -0.421 e. The Morgan fingerprint density at radius 3 is 1.23 bits per heavy atom. The summed E-state index contributed by atoms with van der Waals surface area (Å²) < 4.78 is 7.82. The second kappa shape index (κ2) is 9.71. The van der Waals surface area contributed by atoms with Gasteiger partial charge < -0.3 is 8.83 Å². The summed E-state index contributed by atoms with van der Waals surface area (Å²) in [5, 5.41) is 15.9. The molecule has 2 fully saturated rings. The maximum atomic E-state index is 5.82. The molecule has 0 aliphatic heterocycles. The van der Waals surface area contributed by atoms with Crippen LogP contribution in [0.1, 0.15) is 93.2 Å². The Morgan fingerprint density at radius 2 is 0.935 bits per heavy atom. The number of hydrogen-bond donors (Lipinski definition) is 0. The molecule has 31 heavy (non-hydrogen) atoms. The zero-order valence-electron chi connectivity index (χ0n) is 16.5. The SMILES string of the molecule is ClC(Cl)(Cl)c1nnc(C2CCC(CC3CCC(c4nnc(C(Cl)(Cl)Cl)o4)CC3)CC2)o1. The van der Waals surface area contributed by atoms with Crippen LogP contribution in [-0.4, -0.2) is 20.4 Å². The Bertz CT molecular complexity index is 791. The number of halogens is 6. The zero-order valence-corrected chi connectivity index (χ0v) is 21.1. The van der Waals surface area contributed by atoms with Gasteiger partial charge in [-0.3, -0.25) is 0 Å². The van der Waals surface area contributed by atoms with Crippen molar-refractivity contribution in [1.82, 2.24) is 20.4 Å². The second-order valence-corrected chi connectivity index (χ2v) is 13.1. The molecule has 4 rings (SSSR count). The van der Waals surface area contributed by atoms with E-state index >= 15 is 0 Å². The highest BCUT2D eigenvalue weighted by atomic mass is 35.6. The zero-order chi connectivity index (χ0) is 22.2. The molecule has 0 bridgehead atoms. The van der Waals surface area contributed by atoms with Gasteiger partial charge in [-0.2, -0.15) is 0 Å². The van der Waals surface area contributed by atoms with Crippen LogP contribution < -0.4 is 0 Å². The highest BCUT2D eigenvalue weighted by Gasteiger charge is 2.35. The lowest BCUT2D eigenvalue weighted by Crippen LogP contribution is -2.20. The smallest absolute Gasteiger partial charge is 0.268 e. The molecule has 0 radical (unpaired) electrons. The summed E-state index contributed by atoms with van der Waals surface area (Å²) in [5.74, 6) is 3.14. The summed E-state index contributed by atoms with van der Waals surface area (Å²) in [5.41, 5.74) is 0.